The lowest BCUT2D eigenvalue weighted by Gasteiger charge is -2.21. The predicted octanol–water partition coefficient (Wildman–Crippen LogP) is 4.79. The van der Waals surface area contributed by atoms with Crippen molar-refractivity contribution in [2.45, 2.75) is 18.6 Å². The topological polar surface area (TPSA) is 74.9 Å². The fourth-order valence-electron chi connectivity index (χ4n) is 3.71. The SMILES string of the molecule is Cl.[C-]#[N+]c1ccc2c(N3CCC(F)(CO)C3)nnc(NCc3ccc(OC)c(Cl)c3)c2c1. The first-order valence-corrected chi connectivity index (χ1v) is 10.1. The zero-order valence-electron chi connectivity index (χ0n) is 17.3. The number of benzene rings is 2. The van der Waals surface area contributed by atoms with E-state index in [-0.39, 0.29) is 25.4 Å². The van der Waals surface area contributed by atoms with Gasteiger partial charge in [0, 0.05) is 30.3 Å². The maximum Gasteiger partial charge on any atom is 0.188 e. The zero-order chi connectivity index (χ0) is 22.0. The van der Waals surface area contributed by atoms with Crippen molar-refractivity contribution in [1.82, 2.24) is 10.2 Å². The molecule has 1 aliphatic rings. The molecular formula is C22H22Cl2FN5O2. The maximum absolute atomic E-state index is 14.6. The van der Waals surface area contributed by atoms with Crippen molar-refractivity contribution in [3.63, 3.8) is 0 Å². The van der Waals surface area contributed by atoms with Gasteiger partial charge in [-0.3, -0.25) is 0 Å². The number of rotatable bonds is 6. The van der Waals surface area contributed by atoms with Gasteiger partial charge in [0.1, 0.15) is 5.75 Å². The number of methoxy groups -OCH3 is 1. The first-order chi connectivity index (χ1) is 15.0. The molecule has 1 atom stereocenters. The second-order valence-corrected chi connectivity index (χ2v) is 7.92. The third kappa shape index (κ3) is 4.65. The number of aliphatic hydroxyl groups excluding tert-OH is 1. The molecule has 2 N–H and O–H groups in total. The second kappa shape index (κ2) is 9.74. The number of aromatic nitrogens is 2. The number of alkyl halides is 1. The predicted molar refractivity (Wildman–Crippen MR) is 126 cm³/mol. The Labute approximate surface area is 196 Å². The van der Waals surface area contributed by atoms with E-state index in [1.807, 2.05) is 12.1 Å². The highest BCUT2D eigenvalue weighted by atomic mass is 35.5. The first kappa shape index (κ1) is 23.8. The number of halogens is 3. The van der Waals surface area contributed by atoms with E-state index in [1.54, 1.807) is 36.3 Å². The normalized spacial score (nSPS) is 17.7. The Morgan fingerprint density at radius 3 is 2.75 bits per heavy atom. The standard InChI is InChI=1S/C22H21ClFN5O2.ClH/c1-25-15-4-5-16-17(10-15)20(26-11-14-3-6-19(31-2)18(23)9-14)27-28-21(16)29-8-7-22(24,12-29)13-30;/h3-6,9-10,30H,7-8,11-13H2,2H3,(H,26,27);1H. The zero-order valence-corrected chi connectivity index (χ0v) is 18.9. The van der Waals surface area contributed by atoms with Crippen molar-refractivity contribution in [3.05, 3.63) is 58.4 Å². The van der Waals surface area contributed by atoms with Crippen LogP contribution in [0.5, 0.6) is 5.75 Å². The minimum Gasteiger partial charge on any atom is -0.495 e. The fraction of sp³-hybridized carbons (Fsp3) is 0.318. The van der Waals surface area contributed by atoms with Gasteiger partial charge in [0.15, 0.2) is 23.0 Å². The Balaban J connectivity index is 0.00000289. The highest BCUT2D eigenvalue weighted by molar-refractivity contribution is 6.32. The van der Waals surface area contributed by atoms with Gasteiger partial charge in [-0.25, -0.2) is 9.24 Å². The number of nitrogens with one attached hydrogen (secondary N) is 1. The van der Waals surface area contributed by atoms with E-state index in [2.05, 4.69) is 20.4 Å². The van der Waals surface area contributed by atoms with Crippen molar-refractivity contribution in [2.24, 2.45) is 0 Å². The fourth-order valence-corrected chi connectivity index (χ4v) is 3.99. The van der Waals surface area contributed by atoms with Crippen LogP contribution in [0.15, 0.2) is 36.4 Å². The van der Waals surface area contributed by atoms with E-state index in [0.717, 1.165) is 16.3 Å². The molecule has 1 unspecified atom stereocenters. The summed E-state index contributed by atoms with van der Waals surface area (Å²) in [6.45, 7) is 7.74. The van der Waals surface area contributed by atoms with Crippen molar-refractivity contribution >= 4 is 52.1 Å². The summed E-state index contributed by atoms with van der Waals surface area (Å²) in [6, 6.07) is 10.8. The molecule has 0 aliphatic carbocycles. The Morgan fingerprint density at radius 1 is 1.28 bits per heavy atom. The van der Waals surface area contributed by atoms with Crippen LogP contribution in [0.4, 0.5) is 21.7 Å². The van der Waals surface area contributed by atoms with Crippen LogP contribution in [0.25, 0.3) is 15.6 Å². The van der Waals surface area contributed by atoms with E-state index in [9.17, 15) is 9.50 Å². The third-order valence-corrected chi connectivity index (χ3v) is 5.73. The maximum atomic E-state index is 14.6. The molecular weight excluding hydrogens is 456 g/mol. The molecule has 1 aliphatic heterocycles. The quantitative estimate of drug-likeness (QED) is 0.497. The monoisotopic (exact) mass is 477 g/mol. The smallest absolute Gasteiger partial charge is 0.188 e. The van der Waals surface area contributed by atoms with Crippen molar-refractivity contribution in [1.29, 1.82) is 0 Å². The van der Waals surface area contributed by atoms with Crippen molar-refractivity contribution in [3.8, 4) is 5.75 Å². The number of hydrogen-bond donors (Lipinski definition) is 2. The van der Waals surface area contributed by atoms with E-state index >= 15 is 0 Å². The minimum atomic E-state index is -1.64. The van der Waals surface area contributed by atoms with Gasteiger partial charge in [-0.2, -0.15) is 0 Å². The molecule has 2 heterocycles. The summed E-state index contributed by atoms with van der Waals surface area (Å²) in [5.41, 5.74) is -0.246. The van der Waals surface area contributed by atoms with Crippen molar-refractivity contribution in [2.75, 3.05) is 37.0 Å². The average molecular weight is 478 g/mol. The lowest BCUT2D eigenvalue weighted by atomic mass is 10.1. The Morgan fingerprint density at radius 2 is 2.09 bits per heavy atom. The van der Waals surface area contributed by atoms with Crippen LogP contribution in [-0.4, -0.2) is 47.8 Å². The number of aliphatic hydroxyl groups is 1. The van der Waals surface area contributed by atoms with Gasteiger partial charge in [-0.15, -0.1) is 22.6 Å². The van der Waals surface area contributed by atoms with Gasteiger partial charge in [-0.1, -0.05) is 29.8 Å². The molecule has 0 saturated carbocycles. The van der Waals surface area contributed by atoms with E-state index < -0.39 is 12.3 Å². The van der Waals surface area contributed by atoms with Crippen molar-refractivity contribution < 1.29 is 14.2 Å². The summed E-state index contributed by atoms with van der Waals surface area (Å²) in [7, 11) is 1.56. The van der Waals surface area contributed by atoms with Crippen LogP contribution in [0.1, 0.15) is 12.0 Å². The molecule has 1 saturated heterocycles. The molecule has 10 heteroatoms. The Bertz CT molecular complexity index is 1170. The number of nitrogens with zero attached hydrogens (tertiary/aromatic N) is 4. The molecule has 1 aromatic heterocycles. The van der Waals surface area contributed by atoms with E-state index in [1.165, 1.54) is 0 Å². The molecule has 0 bridgehead atoms. The van der Waals surface area contributed by atoms with Gasteiger partial charge in [0.2, 0.25) is 0 Å². The van der Waals surface area contributed by atoms with E-state index in [0.29, 0.717) is 41.2 Å². The second-order valence-electron chi connectivity index (χ2n) is 7.52. The van der Waals surface area contributed by atoms with Crippen LogP contribution in [0, 0.1) is 6.57 Å². The largest absolute Gasteiger partial charge is 0.495 e. The molecule has 3 aromatic rings. The first-order valence-electron chi connectivity index (χ1n) is 9.75. The van der Waals surface area contributed by atoms with Gasteiger partial charge >= 0.3 is 0 Å². The van der Waals surface area contributed by atoms with Gasteiger partial charge in [0.25, 0.3) is 0 Å². The van der Waals surface area contributed by atoms with Gasteiger partial charge < -0.3 is 20.1 Å². The summed E-state index contributed by atoms with van der Waals surface area (Å²) >= 11 is 6.21. The molecule has 1 fully saturated rings. The molecule has 32 heavy (non-hydrogen) atoms. The number of fused-ring (bicyclic) bond motifs is 1. The number of anilines is 2. The highest BCUT2D eigenvalue weighted by Crippen LogP contribution is 2.36. The molecule has 0 amide bonds. The summed E-state index contributed by atoms with van der Waals surface area (Å²) in [5.74, 6) is 1.65. The van der Waals surface area contributed by atoms with Crippen LogP contribution in [-0.2, 0) is 6.54 Å². The van der Waals surface area contributed by atoms with E-state index in [4.69, 9.17) is 22.9 Å². The Kier molecular flexibility index (Phi) is 7.24. The molecule has 7 nitrogen and oxygen atoms in total. The summed E-state index contributed by atoms with van der Waals surface area (Å²) < 4.78 is 19.7. The number of hydrogen-bond acceptors (Lipinski definition) is 6. The van der Waals surface area contributed by atoms with Gasteiger partial charge in [0.05, 0.1) is 31.9 Å². The lowest BCUT2D eigenvalue weighted by molar-refractivity contribution is 0.0909. The van der Waals surface area contributed by atoms with Crippen LogP contribution < -0.4 is 15.0 Å². The van der Waals surface area contributed by atoms with Crippen LogP contribution in [0.3, 0.4) is 0 Å². The molecule has 4 rings (SSSR count). The minimum absolute atomic E-state index is 0. The summed E-state index contributed by atoms with van der Waals surface area (Å²) in [5, 5.41) is 23.3. The Hall–Kier alpha value is -2.86. The number of ether oxygens (including phenoxy) is 1. The highest BCUT2D eigenvalue weighted by Gasteiger charge is 2.39. The van der Waals surface area contributed by atoms with Crippen LogP contribution in [0.2, 0.25) is 5.02 Å². The summed E-state index contributed by atoms with van der Waals surface area (Å²) in [6.07, 6.45) is 0.227. The molecule has 0 radical (unpaired) electrons. The lowest BCUT2D eigenvalue weighted by Crippen LogP contribution is -2.32. The third-order valence-electron chi connectivity index (χ3n) is 5.44. The van der Waals surface area contributed by atoms with Crippen LogP contribution >= 0.6 is 24.0 Å². The molecule has 2 aromatic carbocycles. The average Bonchev–Trinajstić information content (AvgIpc) is 3.19. The van der Waals surface area contributed by atoms with Gasteiger partial charge in [-0.05, 0) is 23.8 Å². The molecule has 168 valence electrons. The molecule has 0 spiro atoms. The summed E-state index contributed by atoms with van der Waals surface area (Å²) in [4.78, 5) is 5.30.